The van der Waals surface area contributed by atoms with Crippen LogP contribution in [0.25, 0.3) is 10.1 Å². The van der Waals surface area contributed by atoms with Gasteiger partial charge in [-0.1, -0.05) is 55.0 Å². The Balaban J connectivity index is 1.41. The van der Waals surface area contributed by atoms with Crippen molar-refractivity contribution in [3.05, 3.63) is 104 Å². The molecule has 4 unspecified atom stereocenters. The molecule has 4 atom stereocenters. The smallest absolute Gasteiger partial charge is 0.317 e. The fourth-order valence-electron chi connectivity index (χ4n) is 8.03. The molecule has 2 amide bonds. The topological polar surface area (TPSA) is 89.9 Å². The first-order valence-corrected chi connectivity index (χ1v) is 19.5. The van der Waals surface area contributed by atoms with Crippen LogP contribution in [0.3, 0.4) is 0 Å². The lowest BCUT2D eigenvalue weighted by atomic mass is 9.64. The number of amides is 2. The fourth-order valence-corrected chi connectivity index (χ4v) is 9.74. The van der Waals surface area contributed by atoms with Gasteiger partial charge in [-0.25, -0.2) is 4.79 Å². The first kappa shape index (κ1) is 35.5. The number of hydrogen-bond acceptors (Lipinski definition) is 6. The van der Waals surface area contributed by atoms with Gasteiger partial charge in [0, 0.05) is 33.1 Å². The van der Waals surface area contributed by atoms with Crippen molar-refractivity contribution in [3.63, 3.8) is 0 Å². The minimum Gasteiger partial charge on any atom is -0.393 e. The number of urea groups is 1. The number of aliphatic hydroxyl groups is 2. The molecule has 2 aromatic carbocycles. The number of fused-ring (bicyclic) bond motifs is 9. The Morgan fingerprint density at radius 3 is 2.63 bits per heavy atom. The Morgan fingerprint density at radius 2 is 1.88 bits per heavy atom. The van der Waals surface area contributed by atoms with E-state index in [2.05, 4.69) is 48.8 Å². The van der Waals surface area contributed by atoms with E-state index in [0.717, 1.165) is 40.5 Å². The molecule has 1 fully saturated rings. The molecule has 0 spiro atoms. The zero-order valence-corrected chi connectivity index (χ0v) is 30.8. The van der Waals surface area contributed by atoms with E-state index < -0.39 is 17.1 Å². The van der Waals surface area contributed by atoms with Crippen molar-refractivity contribution in [2.75, 3.05) is 13.1 Å². The second-order valence-electron chi connectivity index (χ2n) is 14.8. The maximum atomic E-state index is 14.5. The van der Waals surface area contributed by atoms with E-state index in [0.29, 0.717) is 49.1 Å². The van der Waals surface area contributed by atoms with Crippen molar-refractivity contribution in [3.8, 4) is 0 Å². The lowest BCUT2D eigenvalue weighted by Crippen LogP contribution is -2.56. The maximum absolute atomic E-state index is 14.5. The molecule has 2 aromatic heterocycles. The van der Waals surface area contributed by atoms with E-state index >= 15 is 0 Å². The van der Waals surface area contributed by atoms with Gasteiger partial charge >= 0.3 is 6.03 Å². The largest absolute Gasteiger partial charge is 0.393 e. The first-order valence-electron chi connectivity index (χ1n) is 17.8. The monoisotopic (exact) mass is 698 g/mol. The van der Waals surface area contributed by atoms with E-state index in [1.807, 2.05) is 61.2 Å². The van der Waals surface area contributed by atoms with Crippen LogP contribution in [0.1, 0.15) is 103 Å². The van der Waals surface area contributed by atoms with Gasteiger partial charge in [-0.05, 0) is 124 Å². The maximum Gasteiger partial charge on any atom is 0.317 e. The van der Waals surface area contributed by atoms with Crippen LogP contribution in [-0.2, 0) is 12.8 Å². The van der Waals surface area contributed by atoms with Gasteiger partial charge in [0.2, 0.25) is 5.78 Å². The number of hydrogen-bond donors (Lipinski definition) is 3. The van der Waals surface area contributed by atoms with Gasteiger partial charge in [0.15, 0.2) is 0 Å². The summed E-state index contributed by atoms with van der Waals surface area (Å²) in [5.74, 6) is -0.115. The van der Waals surface area contributed by atoms with Gasteiger partial charge in [0.05, 0.1) is 23.1 Å². The summed E-state index contributed by atoms with van der Waals surface area (Å²) in [5.41, 5.74) is 2.00. The summed E-state index contributed by atoms with van der Waals surface area (Å²) < 4.78 is 1.07. The van der Waals surface area contributed by atoms with Crippen LogP contribution in [0.2, 0.25) is 0 Å². The number of rotatable bonds is 8. The number of aliphatic hydroxyl groups excluding tert-OH is 1. The van der Waals surface area contributed by atoms with E-state index in [4.69, 9.17) is 0 Å². The molecule has 1 saturated carbocycles. The molecule has 2 bridgehead atoms. The molecule has 6 nitrogen and oxygen atoms in total. The highest BCUT2D eigenvalue weighted by atomic mass is 32.1. The van der Waals surface area contributed by atoms with Gasteiger partial charge in [0.1, 0.15) is 0 Å². The van der Waals surface area contributed by atoms with Crippen LogP contribution < -0.4 is 5.32 Å². The van der Waals surface area contributed by atoms with Crippen LogP contribution >= 0.6 is 22.7 Å². The number of nitrogens with zero attached hydrogens (tertiary/aromatic N) is 1. The molecule has 2 heterocycles. The summed E-state index contributed by atoms with van der Waals surface area (Å²) in [6.45, 7) is 8.95. The molecule has 0 radical (unpaired) electrons. The van der Waals surface area contributed by atoms with Crippen LogP contribution in [0.15, 0.2) is 77.7 Å². The second-order valence-corrected chi connectivity index (χ2v) is 16.9. The normalized spacial score (nSPS) is 24.4. The number of benzene rings is 2. The Hall–Kier alpha value is -3.30. The standard InChI is InChI=1S/C41H50N2O4S2/c1-27(2)42-39(46)43(21-18-32-11-8-22-48-32)26-41(47)20-17-35-33-16-14-29(23-31(44)15-13-28(3)9-7-19-40(35,41)4)24-34(33)38(45)37-25-30-10-5-6-12-36(30)49-37/h5-6,8-12,14,16,22,24-25,27,31,35,44,47H,7,13,15,17-21,23,26H2,1-4H3,(H,42,46). The number of thiophene rings is 2. The quantitative estimate of drug-likeness (QED) is 0.127. The summed E-state index contributed by atoms with van der Waals surface area (Å²) in [4.78, 5) is 31.9. The molecule has 0 saturated heterocycles. The molecule has 49 heavy (non-hydrogen) atoms. The van der Waals surface area contributed by atoms with Gasteiger partial charge in [0.25, 0.3) is 0 Å². The zero-order chi connectivity index (χ0) is 34.8. The van der Waals surface area contributed by atoms with Crippen molar-refractivity contribution in [2.24, 2.45) is 5.41 Å². The summed E-state index contributed by atoms with van der Waals surface area (Å²) in [7, 11) is 0. The summed E-state index contributed by atoms with van der Waals surface area (Å²) >= 11 is 3.20. The van der Waals surface area contributed by atoms with Crippen molar-refractivity contribution >= 4 is 44.6 Å². The number of allylic oxidation sites excluding steroid dienone is 2. The molecule has 0 aliphatic heterocycles. The van der Waals surface area contributed by atoms with E-state index in [1.165, 1.54) is 21.8 Å². The first-order chi connectivity index (χ1) is 23.5. The summed E-state index contributed by atoms with van der Waals surface area (Å²) in [5, 5.41) is 30.1. The van der Waals surface area contributed by atoms with Crippen molar-refractivity contribution < 1.29 is 19.8 Å². The van der Waals surface area contributed by atoms with Gasteiger partial charge in [-0.3, -0.25) is 4.79 Å². The third kappa shape index (κ3) is 7.73. The van der Waals surface area contributed by atoms with Crippen molar-refractivity contribution in [2.45, 2.75) is 103 Å². The number of carbonyl (C=O) groups excluding carboxylic acids is 2. The number of ketones is 1. The third-order valence-corrected chi connectivity index (χ3v) is 13.0. The minimum absolute atomic E-state index is 0.0120. The zero-order valence-electron chi connectivity index (χ0n) is 29.2. The van der Waals surface area contributed by atoms with E-state index in [9.17, 15) is 19.8 Å². The molecule has 4 aromatic rings. The number of nitrogens with one attached hydrogen (secondary N) is 1. The fraction of sp³-hybridized carbons (Fsp3) is 0.463. The lowest BCUT2D eigenvalue weighted by molar-refractivity contribution is -0.0769. The predicted molar refractivity (Wildman–Crippen MR) is 202 cm³/mol. The van der Waals surface area contributed by atoms with Crippen LogP contribution in [0, 0.1) is 5.41 Å². The Labute approximate surface area is 298 Å². The molecule has 3 N–H and O–H groups in total. The molecule has 260 valence electrons. The van der Waals surface area contributed by atoms with E-state index in [1.54, 1.807) is 11.3 Å². The van der Waals surface area contributed by atoms with Crippen LogP contribution in [0.5, 0.6) is 0 Å². The molecular formula is C41H50N2O4S2. The molecule has 8 heteroatoms. The van der Waals surface area contributed by atoms with Crippen molar-refractivity contribution in [1.82, 2.24) is 10.2 Å². The summed E-state index contributed by atoms with van der Waals surface area (Å²) in [6, 6.07) is 20.2. The average Bonchev–Trinajstić information content (AvgIpc) is 3.80. The Bertz CT molecular complexity index is 1780. The highest BCUT2D eigenvalue weighted by Gasteiger charge is 2.57. The lowest BCUT2D eigenvalue weighted by Gasteiger charge is -2.46. The third-order valence-electron chi connectivity index (χ3n) is 10.9. The molecule has 3 aliphatic carbocycles. The molecular weight excluding hydrogens is 649 g/mol. The second kappa shape index (κ2) is 14.9. The molecule has 3 aliphatic rings. The summed E-state index contributed by atoms with van der Waals surface area (Å²) in [6.07, 6.45) is 7.11. The molecule has 7 rings (SSSR count). The Morgan fingerprint density at radius 1 is 1.06 bits per heavy atom. The average molecular weight is 699 g/mol. The van der Waals surface area contributed by atoms with E-state index in [-0.39, 0.29) is 30.3 Å². The van der Waals surface area contributed by atoms with Gasteiger partial charge < -0.3 is 20.4 Å². The Kier molecular flexibility index (Phi) is 10.8. The van der Waals surface area contributed by atoms with Gasteiger partial charge in [-0.15, -0.1) is 22.7 Å². The minimum atomic E-state index is -1.17. The van der Waals surface area contributed by atoms with Crippen molar-refractivity contribution in [1.29, 1.82) is 0 Å². The highest BCUT2D eigenvalue weighted by Crippen LogP contribution is 2.59. The van der Waals surface area contributed by atoms with Crippen LogP contribution in [0.4, 0.5) is 4.79 Å². The van der Waals surface area contributed by atoms with Gasteiger partial charge in [-0.2, -0.15) is 0 Å². The number of carbonyl (C=O) groups is 2. The SMILES string of the molecule is CC1=CCCC2(C)C(CCC2(O)CN(CCc2cccs2)C(=O)NC(C)C)c2ccc(cc2C(=O)c2cc3ccccc3s2)CC(O)CC1. The van der Waals surface area contributed by atoms with Crippen LogP contribution in [-0.4, -0.2) is 57.8 Å². The predicted octanol–water partition coefficient (Wildman–Crippen LogP) is 8.90. The highest BCUT2D eigenvalue weighted by molar-refractivity contribution is 7.21.